The summed E-state index contributed by atoms with van der Waals surface area (Å²) in [6.07, 6.45) is 0.419. The van der Waals surface area contributed by atoms with Crippen molar-refractivity contribution in [3.63, 3.8) is 0 Å². The summed E-state index contributed by atoms with van der Waals surface area (Å²) in [6.45, 7) is 0.0211. The lowest BCUT2D eigenvalue weighted by Gasteiger charge is -2.04. The molecule has 0 aromatic heterocycles. The Morgan fingerprint density at radius 2 is 2.00 bits per heavy atom. The minimum Gasteiger partial charge on any atom is -0.327 e. The summed E-state index contributed by atoms with van der Waals surface area (Å²) < 4.78 is 37.7. The third-order valence-electron chi connectivity index (χ3n) is 1.85. The largest absolute Gasteiger partial charge is 0.327 e. The van der Waals surface area contributed by atoms with Crippen LogP contribution in [0.3, 0.4) is 0 Å². The van der Waals surface area contributed by atoms with E-state index in [2.05, 4.69) is 0 Å². The summed E-state index contributed by atoms with van der Waals surface area (Å²) in [5.74, 6) is -1.33. The van der Waals surface area contributed by atoms with E-state index < -0.39 is 11.6 Å². The summed E-state index contributed by atoms with van der Waals surface area (Å²) in [5, 5.41) is 0. The molecule has 0 unspecified atom stereocenters. The topological polar surface area (TPSA) is 26.0 Å². The van der Waals surface area contributed by atoms with Gasteiger partial charge in [0.25, 0.3) is 0 Å². The predicted octanol–water partition coefficient (Wildman–Crippen LogP) is 2.74. The van der Waals surface area contributed by atoms with Gasteiger partial charge in [-0.05, 0) is 17.2 Å². The van der Waals surface area contributed by atoms with Gasteiger partial charge in [-0.25, -0.2) is 13.2 Å². The Morgan fingerprint density at radius 3 is 2.47 bits per heavy atom. The lowest BCUT2D eigenvalue weighted by Crippen LogP contribution is -2.06. The number of halogens is 4. The van der Waals surface area contributed by atoms with Crippen LogP contribution in [0.5, 0.6) is 0 Å². The fourth-order valence-corrected chi connectivity index (χ4v) is 1.06. The van der Waals surface area contributed by atoms with E-state index in [1.54, 1.807) is 0 Å². The Morgan fingerprint density at radius 1 is 1.33 bits per heavy atom. The van der Waals surface area contributed by atoms with E-state index in [1.165, 1.54) is 6.07 Å². The smallest absolute Gasteiger partial charge is 0.129 e. The lowest BCUT2D eigenvalue weighted by molar-refractivity contribution is 0.573. The number of hydrogen-bond donors (Lipinski definition) is 1. The quantitative estimate of drug-likeness (QED) is 0.860. The van der Waals surface area contributed by atoms with Crippen LogP contribution >= 0.6 is 12.4 Å². The van der Waals surface area contributed by atoms with E-state index in [9.17, 15) is 13.2 Å². The summed E-state index contributed by atoms with van der Waals surface area (Å²) in [7, 11) is 0. The molecule has 1 aromatic rings. The second kappa shape index (κ2) is 6.48. The minimum atomic E-state index is -0.683. The Kier molecular flexibility index (Phi) is 6.05. The molecule has 0 aliphatic carbocycles. The van der Waals surface area contributed by atoms with Crippen molar-refractivity contribution >= 4 is 12.4 Å². The van der Waals surface area contributed by atoms with Gasteiger partial charge in [-0.15, -0.1) is 12.4 Å². The molecule has 0 saturated carbocycles. The van der Waals surface area contributed by atoms with Gasteiger partial charge >= 0.3 is 0 Å². The maximum atomic E-state index is 13.1. The average Bonchev–Trinajstić information content (AvgIpc) is 2.17. The molecule has 1 rings (SSSR count). The van der Waals surface area contributed by atoms with Gasteiger partial charge in [-0.1, -0.05) is 6.07 Å². The molecule has 0 radical (unpaired) electrons. The highest BCUT2D eigenvalue weighted by Gasteiger charge is 2.05. The van der Waals surface area contributed by atoms with Crippen molar-refractivity contribution in [2.24, 2.45) is 5.73 Å². The van der Waals surface area contributed by atoms with Gasteiger partial charge in [-0.2, -0.15) is 0 Å². The zero-order valence-corrected chi connectivity index (χ0v) is 8.66. The molecule has 1 nitrogen and oxygen atoms in total. The van der Waals surface area contributed by atoms with Crippen molar-refractivity contribution in [2.75, 3.05) is 6.54 Å². The molecule has 0 aliphatic rings. The van der Waals surface area contributed by atoms with Crippen LogP contribution in [0.25, 0.3) is 0 Å². The molecule has 2 N–H and O–H groups in total. The van der Waals surface area contributed by atoms with E-state index in [4.69, 9.17) is 5.73 Å². The van der Waals surface area contributed by atoms with Gasteiger partial charge in [0.05, 0.1) is 6.33 Å². The van der Waals surface area contributed by atoms with Crippen LogP contribution in [-0.4, -0.2) is 6.54 Å². The minimum absolute atomic E-state index is 0. The lowest BCUT2D eigenvalue weighted by atomic mass is 10.1. The molecule has 0 saturated heterocycles. The van der Waals surface area contributed by atoms with E-state index in [-0.39, 0.29) is 36.5 Å². The van der Waals surface area contributed by atoms with Gasteiger partial charge in [0.2, 0.25) is 0 Å². The SMILES string of the molecule is Cl.NCC(=CF)Cc1ccc(F)cc1F. The molecule has 5 heteroatoms. The second-order valence-corrected chi connectivity index (χ2v) is 2.88. The maximum Gasteiger partial charge on any atom is 0.129 e. The first kappa shape index (κ1) is 14.0. The van der Waals surface area contributed by atoms with Crippen LogP contribution in [-0.2, 0) is 6.42 Å². The van der Waals surface area contributed by atoms with Crippen molar-refractivity contribution in [1.29, 1.82) is 0 Å². The molecule has 15 heavy (non-hydrogen) atoms. The van der Waals surface area contributed by atoms with E-state index in [0.717, 1.165) is 12.1 Å². The van der Waals surface area contributed by atoms with Gasteiger partial charge in [0.15, 0.2) is 0 Å². The Bertz CT molecular complexity index is 353. The standard InChI is InChI=1S/C10H10F3N.ClH/c11-5-7(6-14)3-8-1-2-9(12)4-10(8)13;/h1-2,4-5H,3,6,14H2;1H. The number of rotatable bonds is 3. The summed E-state index contributed by atoms with van der Waals surface area (Å²) in [6, 6.07) is 3.18. The normalized spacial score (nSPS) is 11.1. The van der Waals surface area contributed by atoms with Gasteiger partial charge in [-0.3, -0.25) is 0 Å². The maximum absolute atomic E-state index is 13.1. The number of hydrogen-bond acceptors (Lipinski definition) is 1. The molecular weight excluding hydrogens is 227 g/mol. The molecule has 0 heterocycles. The Hall–Kier alpha value is -1.00. The van der Waals surface area contributed by atoms with Crippen molar-refractivity contribution in [3.05, 3.63) is 47.3 Å². The monoisotopic (exact) mass is 237 g/mol. The first-order valence-corrected chi connectivity index (χ1v) is 4.09. The van der Waals surface area contributed by atoms with Crippen molar-refractivity contribution in [3.8, 4) is 0 Å². The average molecular weight is 238 g/mol. The van der Waals surface area contributed by atoms with Crippen LogP contribution in [0.4, 0.5) is 13.2 Å². The van der Waals surface area contributed by atoms with E-state index in [1.807, 2.05) is 0 Å². The fraction of sp³-hybridized carbons (Fsp3) is 0.200. The first-order chi connectivity index (χ1) is 6.67. The Labute approximate surface area is 92.2 Å². The molecule has 0 fully saturated rings. The predicted molar refractivity (Wildman–Crippen MR) is 55.6 cm³/mol. The van der Waals surface area contributed by atoms with Gasteiger partial charge in [0.1, 0.15) is 11.6 Å². The van der Waals surface area contributed by atoms with Gasteiger partial charge < -0.3 is 5.73 Å². The third-order valence-corrected chi connectivity index (χ3v) is 1.85. The van der Waals surface area contributed by atoms with Crippen molar-refractivity contribution in [2.45, 2.75) is 6.42 Å². The molecule has 0 aliphatic heterocycles. The summed E-state index contributed by atoms with van der Waals surface area (Å²) in [5.41, 5.74) is 5.72. The number of nitrogens with two attached hydrogens (primary N) is 1. The molecule has 1 aromatic carbocycles. The molecule has 0 amide bonds. The molecule has 84 valence electrons. The zero-order valence-electron chi connectivity index (χ0n) is 7.84. The van der Waals surface area contributed by atoms with Crippen molar-refractivity contribution < 1.29 is 13.2 Å². The highest BCUT2D eigenvalue weighted by molar-refractivity contribution is 5.85. The zero-order chi connectivity index (χ0) is 10.6. The van der Waals surface area contributed by atoms with E-state index >= 15 is 0 Å². The van der Waals surface area contributed by atoms with Crippen LogP contribution in [0.15, 0.2) is 30.1 Å². The molecule has 0 atom stereocenters. The molecule has 0 bridgehead atoms. The highest BCUT2D eigenvalue weighted by Crippen LogP contribution is 2.13. The second-order valence-electron chi connectivity index (χ2n) is 2.88. The molecular formula is C10H11ClF3N. The van der Waals surface area contributed by atoms with Gasteiger partial charge in [0, 0.05) is 19.0 Å². The highest BCUT2D eigenvalue weighted by atomic mass is 35.5. The third kappa shape index (κ3) is 3.93. The van der Waals surface area contributed by atoms with E-state index in [0.29, 0.717) is 6.33 Å². The first-order valence-electron chi connectivity index (χ1n) is 4.09. The van der Waals surface area contributed by atoms with Crippen LogP contribution in [0.2, 0.25) is 0 Å². The van der Waals surface area contributed by atoms with Crippen LogP contribution in [0.1, 0.15) is 5.56 Å². The summed E-state index contributed by atoms with van der Waals surface area (Å²) >= 11 is 0. The number of benzene rings is 1. The van der Waals surface area contributed by atoms with Crippen molar-refractivity contribution in [1.82, 2.24) is 0 Å². The van der Waals surface area contributed by atoms with Crippen LogP contribution < -0.4 is 5.73 Å². The van der Waals surface area contributed by atoms with Crippen LogP contribution in [0, 0.1) is 11.6 Å². The fourth-order valence-electron chi connectivity index (χ4n) is 1.06. The Balaban J connectivity index is 0.00000196. The summed E-state index contributed by atoms with van der Waals surface area (Å²) in [4.78, 5) is 0. The molecule has 0 spiro atoms.